The normalized spacial score (nSPS) is 11.2. The lowest BCUT2D eigenvalue weighted by molar-refractivity contribution is -0.0498. The van der Waals surface area contributed by atoms with E-state index in [9.17, 15) is 8.78 Å². The Hall–Kier alpha value is -1.49. The highest BCUT2D eigenvalue weighted by atomic mass is 127. The van der Waals surface area contributed by atoms with Crippen LogP contribution in [0.15, 0.2) is 34.6 Å². The summed E-state index contributed by atoms with van der Waals surface area (Å²) in [5, 5.41) is 9.52. The van der Waals surface area contributed by atoms with Crippen LogP contribution >= 0.6 is 35.3 Å². The number of aliphatic imine (C=N–C) groups is 1. The van der Waals surface area contributed by atoms with Gasteiger partial charge in [0.25, 0.3) is 0 Å². The summed E-state index contributed by atoms with van der Waals surface area (Å²) in [6.45, 7) is 2.95. The van der Waals surface area contributed by atoms with Gasteiger partial charge >= 0.3 is 6.61 Å². The largest absolute Gasteiger partial charge is 0.435 e. The molecule has 0 amide bonds. The Morgan fingerprint density at radius 1 is 1.35 bits per heavy atom. The second-order valence-corrected chi connectivity index (χ2v) is 6.32. The van der Waals surface area contributed by atoms with Crippen LogP contribution in [0.1, 0.15) is 23.2 Å². The zero-order chi connectivity index (χ0) is 18.1. The van der Waals surface area contributed by atoms with Gasteiger partial charge in [-0.25, -0.2) is 9.98 Å². The molecule has 0 aliphatic rings. The minimum atomic E-state index is -2.83. The third-order valence-electron chi connectivity index (χ3n) is 3.23. The van der Waals surface area contributed by atoms with E-state index in [-0.39, 0.29) is 29.7 Å². The van der Waals surface area contributed by atoms with Gasteiger partial charge in [-0.1, -0.05) is 12.1 Å². The summed E-state index contributed by atoms with van der Waals surface area (Å²) in [4.78, 5) is 8.90. The molecule has 0 aliphatic heterocycles. The van der Waals surface area contributed by atoms with Crippen molar-refractivity contribution in [2.45, 2.75) is 33.4 Å². The first-order chi connectivity index (χ1) is 12.1. The van der Waals surface area contributed by atoms with Crippen LogP contribution in [0.5, 0.6) is 5.75 Å². The number of benzene rings is 1. The van der Waals surface area contributed by atoms with Crippen LogP contribution in [-0.4, -0.2) is 30.6 Å². The van der Waals surface area contributed by atoms with Gasteiger partial charge in [-0.3, -0.25) is 0 Å². The van der Waals surface area contributed by atoms with Gasteiger partial charge in [-0.2, -0.15) is 8.78 Å². The van der Waals surface area contributed by atoms with Gasteiger partial charge in [0.1, 0.15) is 5.75 Å². The molecule has 0 fully saturated rings. The molecule has 1 aromatic heterocycles. The number of aryl methyl sites for hydroxylation is 1. The fourth-order valence-corrected chi connectivity index (χ4v) is 2.81. The lowest BCUT2D eigenvalue weighted by Crippen LogP contribution is -2.38. The summed E-state index contributed by atoms with van der Waals surface area (Å²) in [6.07, 6.45) is 0.812. The quantitative estimate of drug-likeness (QED) is 0.330. The standard InChI is InChI=1S/C17H22F2N4OS.HI/c1-3-20-17(21-8-7-14-11-25-12(2)23-14)22-10-13-5-4-6-15(9-13)24-16(18)19;/h4-6,9,11,16H,3,7-8,10H2,1-2H3,(H2,20,21,22);1H. The highest BCUT2D eigenvalue weighted by Crippen LogP contribution is 2.16. The number of nitrogens with zero attached hydrogens (tertiary/aromatic N) is 2. The van der Waals surface area contributed by atoms with Gasteiger partial charge in [-0.15, -0.1) is 35.3 Å². The molecule has 0 bridgehead atoms. The first-order valence-corrected chi connectivity index (χ1v) is 8.91. The maximum Gasteiger partial charge on any atom is 0.387 e. The average Bonchev–Trinajstić information content (AvgIpc) is 2.98. The van der Waals surface area contributed by atoms with Crippen LogP contribution in [0, 0.1) is 6.92 Å². The second-order valence-electron chi connectivity index (χ2n) is 5.26. The lowest BCUT2D eigenvalue weighted by atomic mass is 10.2. The molecule has 2 aromatic rings. The van der Waals surface area contributed by atoms with Gasteiger partial charge in [0.2, 0.25) is 0 Å². The summed E-state index contributed by atoms with van der Waals surface area (Å²) in [5.41, 5.74) is 1.85. The SMILES string of the molecule is CCNC(=NCc1cccc(OC(F)F)c1)NCCc1csc(C)n1.I. The number of thiazole rings is 1. The van der Waals surface area contributed by atoms with Crippen LogP contribution in [0.3, 0.4) is 0 Å². The topological polar surface area (TPSA) is 58.5 Å². The van der Waals surface area contributed by atoms with Gasteiger partial charge in [0, 0.05) is 24.9 Å². The van der Waals surface area contributed by atoms with Crippen molar-refractivity contribution in [3.8, 4) is 5.75 Å². The number of halogens is 3. The van der Waals surface area contributed by atoms with Gasteiger partial charge in [0.05, 0.1) is 17.2 Å². The highest BCUT2D eigenvalue weighted by molar-refractivity contribution is 14.0. The van der Waals surface area contributed by atoms with Crippen molar-refractivity contribution in [3.05, 3.63) is 45.9 Å². The molecule has 0 saturated carbocycles. The van der Waals surface area contributed by atoms with Gasteiger partial charge in [0.15, 0.2) is 5.96 Å². The Morgan fingerprint density at radius 3 is 2.81 bits per heavy atom. The molecule has 2 rings (SSSR count). The molecule has 9 heteroatoms. The fourth-order valence-electron chi connectivity index (χ4n) is 2.16. The second kappa shape index (κ2) is 12.0. The summed E-state index contributed by atoms with van der Waals surface area (Å²) in [6, 6.07) is 6.56. The molecule has 0 saturated heterocycles. The summed E-state index contributed by atoms with van der Waals surface area (Å²) < 4.78 is 29.0. The Bertz CT molecular complexity index is 697. The van der Waals surface area contributed by atoms with Crippen LogP contribution in [0.25, 0.3) is 0 Å². The van der Waals surface area contributed by atoms with E-state index in [2.05, 4.69) is 30.7 Å². The fraction of sp³-hybridized carbons (Fsp3) is 0.412. The Morgan fingerprint density at radius 2 is 2.15 bits per heavy atom. The lowest BCUT2D eigenvalue weighted by Gasteiger charge is -2.11. The Balaban J connectivity index is 0.00000338. The molecular formula is C17H23F2IN4OS. The number of hydrogen-bond acceptors (Lipinski definition) is 4. The molecule has 0 atom stereocenters. The predicted molar refractivity (Wildman–Crippen MR) is 112 cm³/mol. The van der Waals surface area contributed by atoms with E-state index < -0.39 is 6.61 Å². The van der Waals surface area contributed by atoms with E-state index in [1.807, 2.05) is 19.9 Å². The van der Waals surface area contributed by atoms with Gasteiger partial charge in [-0.05, 0) is 31.5 Å². The third-order valence-corrected chi connectivity index (χ3v) is 4.05. The van der Waals surface area contributed by atoms with Crippen molar-refractivity contribution in [2.75, 3.05) is 13.1 Å². The summed E-state index contributed by atoms with van der Waals surface area (Å²) in [7, 11) is 0. The van der Waals surface area contributed by atoms with Crippen LogP contribution in [0.4, 0.5) is 8.78 Å². The number of hydrogen-bond donors (Lipinski definition) is 2. The highest BCUT2D eigenvalue weighted by Gasteiger charge is 2.05. The van der Waals surface area contributed by atoms with Crippen LogP contribution in [-0.2, 0) is 13.0 Å². The van der Waals surface area contributed by atoms with Crippen LogP contribution in [0.2, 0.25) is 0 Å². The molecule has 0 unspecified atom stereocenters. The smallest absolute Gasteiger partial charge is 0.387 e. The summed E-state index contributed by atoms with van der Waals surface area (Å²) >= 11 is 1.64. The minimum absolute atomic E-state index is 0. The minimum Gasteiger partial charge on any atom is -0.435 e. The van der Waals surface area contributed by atoms with Crippen molar-refractivity contribution in [1.29, 1.82) is 0 Å². The van der Waals surface area contributed by atoms with E-state index >= 15 is 0 Å². The summed E-state index contributed by atoms with van der Waals surface area (Å²) in [5.74, 6) is 0.814. The molecule has 5 nitrogen and oxygen atoms in total. The molecule has 144 valence electrons. The number of guanidine groups is 1. The molecule has 0 radical (unpaired) electrons. The average molecular weight is 496 g/mol. The maximum absolute atomic E-state index is 12.3. The number of ether oxygens (including phenoxy) is 1. The van der Waals surface area contributed by atoms with Crippen LogP contribution < -0.4 is 15.4 Å². The van der Waals surface area contributed by atoms with Crippen molar-refractivity contribution in [2.24, 2.45) is 4.99 Å². The van der Waals surface area contributed by atoms with E-state index in [0.29, 0.717) is 19.0 Å². The molecule has 0 aliphatic carbocycles. The van der Waals surface area contributed by atoms with Crippen molar-refractivity contribution in [1.82, 2.24) is 15.6 Å². The van der Waals surface area contributed by atoms with E-state index in [1.165, 1.54) is 6.07 Å². The van der Waals surface area contributed by atoms with E-state index in [1.54, 1.807) is 23.5 Å². The molecular weight excluding hydrogens is 473 g/mol. The van der Waals surface area contributed by atoms with Crippen molar-refractivity contribution in [3.63, 3.8) is 0 Å². The molecule has 2 N–H and O–H groups in total. The molecule has 0 spiro atoms. The zero-order valence-electron chi connectivity index (χ0n) is 14.7. The van der Waals surface area contributed by atoms with E-state index in [4.69, 9.17) is 0 Å². The Labute approximate surface area is 173 Å². The van der Waals surface area contributed by atoms with Crippen molar-refractivity contribution >= 4 is 41.3 Å². The number of rotatable bonds is 8. The first kappa shape index (κ1) is 22.6. The number of aromatic nitrogens is 1. The number of alkyl halides is 2. The zero-order valence-corrected chi connectivity index (χ0v) is 17.8. The molecule has 26 heavy (non-hydrogen) atoms. The maximum atomic E-state index is 12.3. The van der Waals surface area contributed by atoms with Crippen molar-refractivity contribution < 1.29 is 13.5 Å². The molecule has 1 heterocycles. The molecule has 1 aromatic carbocycles. The monoisotopic (exact) mass is 496 g/mol. The predicted octanol–water partition coefficient (Wildman–Crippen LogP) is 3.97. The first-order valence-electron chi connectivity index (χ1n) is 8.03. The van der Waals surface area contributed by atoms with Gasteiger partial charge < -0.3 is 15.4 Å². The number of nitrogens with one attached hydrogen (secondary N) is 2. The third kappa shape index (κ3) is 8.26. The van der Waals surface area contributed by atoms with E-state index in [0.717, 1.165) is 29.2 Å². The Kier molecular flexibility index (Phi) is 10.4.